The van der Waals surface area contributed by atoms with Gasteiger partial charge in [-0.25, -0.2) is 23.6 Å². The molecule has 2 aliphatic rings. The van der Waals surface area contributed by atoms with Crippen molar-refractivity contribution < 1.29 is 63.0 Å². The normalized spacial score (nSPS) is 20.1. The van der Waals surface area contributed by atoms with Gasteiger partial charge in [-0.1, -0.05) is 37.8 Å². The summed E-state index contributed by atoms with van der Waals surface area (Å²) in [6.07, 6.45) is 9.32. The molecule has 0 spiro atoms. The molecule has 58 heavy (non-hydrogen) atoms. The van der Waals surface area contributed by atoms with Crippen LogP contribution in [0.5, 0.6) is 0 Å². The molecule has 0 aliphatic carbocycles. The minimum absolute atomic E-state index is 0.0293. The highest BCUT2D eigenvalue weighted by Gasteiger charge is 2.42. The SMILES string of the molecule is C=CCCCCC[C@H](NC(=O)OC(C)(C)C)C(=O)N1C[C@@H](O)C[C@H]1C(=O)OC.C=CCCCCC[C@H](NC(=O)OC(C)(C)C)C(=O)O.COC(=O)[C@@H]1C[C@H](O)CN1Cl. The van der Waals surface area contributed by atoms with Crippen LogP contribution in [0.15, 0.2) is 25.3 Å². The fourth-order valence-electron chi connectivity index (χ4n) is 5.78. The maximum atomic E-state index is 13.1. The van der Waals surface area contributed by atoms with E-state index in [1.807, 2.05) is 12.2 Å². The summed E-state index contributed by atoms with van der Waals surface area (Å²) in [6.45, 7) is 18.1. The van der Waals surface area contributed by atoms with Crippen LogP contribution < -0.4 is 10.6 Å². The smallest absolute Gasteiger partial charge is 0.408 e. The number of alkyl carbamates (subject to hydrolysis) is 2. The van der Waals surface area contributed by atoms with Gasteiger partial charge in [-0.2, -0.15) is 0 Å². The second kappa shape index (κ2) is 27.7. The Morgan fingerprint density at radius 2 is 1.12 bits per heavy atom. The number of nitrogens with zero attached hydrogens (tertiary/aromatic N) is 2. The molecule has 18 heteroatoms. The van der Waals surface area contributed by atoms with Crippen LogP contribution in [0.25, 0.3) is 0 Å². The number of likely N-dealkylation sites (tertiary alicyclic amines) is 1. The highest BCUT2D eigenvalue weighted by molar-refractivity contribution is 6.15. The van der Waals surface area contributed by atoms with Gasteiger partial charge in [-0.15, -0.1) is 13.2 Å². The van der Waals surface area contributed by atoms with Crippen molar-refractivity contribution in [2.24, 2.45) is 0 Å². The average Bonchev–Trinajstić information content (AvgIpc) is 3.68. The number of ether oxygens (including phenoxy) is 4. The van der Waals surface area contributed by atoms with E-state index in [0.717, 1.165) is 51.4 Å². The number of hydrogen-bond acceptors (Lipinski definition) is 13. The number of esters is 2. The van der Waals surface area contributed by atoms with Crippen LogP contribution in [0.1, 0.15) is 119 Å². The minimum Gasteiger partial charge on any atom is -0.480 e. The Morgan fingerprint density at radius 1 is 0.707 bits per heavy atom. The Bertz CT molecular complexity index is 1320. The number of carbonyl (C=O) groups excluding carboxylic acids is 5. The van der Waals surface area contributed by atoms with E-state index in [2.05, 4.69) is 28.5 Å². The predicted octanol–water partition coefficient (Wildman–Crippen LogP) is 5.00. The maximum absolute atomic E-state index is 13.1. The molecule has 0 radical (unpaired) electrons. The van der Waals surface area contributed by atoms with Crippen LogP contribution in [-0.4, -0.2) is 136 Å². The second-order valence-electron chi connectivity index (χ2n) is 16.0. The fraction of sp³-hybridized carbons (Fsp3) is 0.750. The number of amides is 3. The van der Waals surface area contributed by atoms with Gasteiger partial charge < -0.3 is 49.8 Å². The van der Waals surface area contributed by atoms with Crippen molar-refractivity contribution in [3.63, 3.8) is 0 Å². The molecular weight excluding hydrogens is 780 g/mol. The summed E-state index contributed by atoms with van der Waals surface area (Å²) in [7, 11) is 2.55. The van der Waals surface area contributed by atoms with Gasteiger partial charge in [0.05, 0.1) is 26.4 Å². The molecule has 3 amide bonds. The Kier molecular flexibility index (Phi) is 25.8. The summed E-state index contributed by atoms with van der Waals surface area (Å²) < 4.78 is 20.8. The van der Waals surface area contributed by atoms with E-state index >= 15 is 0 Å². The molecule has 0 bridgehead atoms. The highest BCUT2D eigenvalue weighted by Crippen LogP contribution is 2.23. The zero-order valence-corrected chi connectivity index (χ0v) is 36.4. The second-order valence-corrected chi connectivity index (χ2v) is 16.5. The van der Waals surface area contributed by atoms with Gasteiger partial charge in [0.1, 0.15) is 35.4 Å². The number of carbonyl (C=O) groups is 6. The summed E-state index contributed by atoms with van der Waals surface area (Å²) in [5.41, 5.74) is -1.32. The first-order valence-electron chi connectivity index (χ1n) is 19.7. The topological polar surface area (TPSA) is 231 Å². The van der Waals surface area contributed by atoms with Crippen molar-refractivity contribution in [2.45, 2.75) is 166 Å². The standard InChI is InChI=1S/C20H34N2O6.C14H25NO4.C6H10ClNO3/c1-6-7-8-9-10-11-15(21-19(26)28-20(2,3)4)17(24)22-13-14(23)12-16(22)18(25)27-5;1-5-6-7-8-9-10-11(12(16)17)15-13(18)19-14(2,3)4;1-11-6(10)5-2-4(9)3-8(5)7/h6,14-16,23H,1,7-13H2,2-5H3,(H,21,26);5,11H,1,6-10H2,2-4H3,(H,15,18)(H,16,17);4-5,9H,2-3H2,1H3/t14-,15-,16-;11-;4-,5-/m000/s1. The Balaban J connectivity index is 0.000000928. The summed E-state index contributed by atoms with van der Waals surface area (Å²) in [5, 5.41) is 33.1. The lowest BCUT2D eigenvalue weighted by molar-refractivity contribution is -0.151. The van der Waals surface area contributed by atoms with Gasteiger partial charge in [-0.05, 0) is 91.8 Å². The van der Waals surface area contributed by atoms with Crippen LogP contribution in [-0.2, 0) is 38.1 Å². The van der Waals surface area contributed by atoms with E-state index in [0.29, 0.717) is 25.8 Å². The van der Waals surface area contributed by atoms with Crippen LogP contribution >= 0.6 is 11.8 Å². The van der Waals surface area contributed by atoms with Crippen molar-refractivity contribution >= 4 is 47.8 Å². The summed E-state index contributed by atoms with van der Waals surface area (Å²) >= 11 is 5.62. The number of nitrogens with one attached hydrogen (secondary N) is 2. The molecule has 0 aromatic carbocycles. The molecule has 2 rings (SSSR count). The van der Waals surface area contributed by atoms with Crippen LogP contribution in [0, 0.1) is 0 Å². The number of aliphatic hydroxyl groups is 2. The first-order chi connectivity index (χ1) is 27.0. The lowest BCUT2D eigenvalue weighted by atomic mass is 10.1. The molecule has 0 unspecified atom stereocenters. The van der Waals surface area contributed by atoms with E-state index in [4.69, 9.17) is 36.2 Å². The monoisotopic (exact) mass is 848 g/mol. The molecular formula is C40H69ClN4O13. The van der Waals surface area contributed by atoms with Gasteiger partial charge in [0.25, 0.3) is 0 Å². The number of aliphatic carboxylic acids is 1. The van der Waals surface area contributed by atoms with E-state index in [9.17, 15) is 33.9 Å². The number of allylic oxidation sites excluding steroid dienone is 2. The predicted molar refractivity (Wildman–Crippen MR) is 218 cm³/mol. The first-order valence-corrected chi connectivity index (χ1v) is 20.0. The zero-order valence-electron chi connectivity index (χ0n) is 35.6. The quantitative estimate of drug-likeness (QED) is 0.0402. The number of halogens is 1. The van der Waals surface area contributed by atoms with Gasteiger partial charge >= 0.3 is 30.1 Å². The Hall–Kier alpha value is -3.93. The molecule has 2 saturated heterocycles. The molecule has 2 heterocycles. The van der Waals surface area contributed by atoms with Crippen LogP contribution in [0.4, 0.5) is 9.59 Å². The van der Waals surface area contributed by atoms with Crippen molar-refractivity contribution in [1.82, 2.24) is 20.0 Å². The lowest BCUT2D eigenvalue weighted by Crippen LogP contribution is -2.52. The van der Waals surface area contributed by atoms with E-state index < -0.39 is 83.6 Å². The number of aliphatic hydroxyl groups excluding tert-OH is 2. The third-order valence-electron chi connectivity index (χ3n) is 8.51. The first kappa shape index (κ1) is 54.1. The summed E-state index contributed by atoms with van der Waals surface area (Å²) in [5.74, 6) is -2.42. The van der Waals surface area contributed by atoms with Gasteiger partial charge in [-0.3, -0.25) is 9.59 Å². The molecule has 17 nitrogen and oxygen atoms in total. The number of rotatable bonds is 18. The highest BCUT2D eigenvalue weighted by atomic mass is 35.5. The molecule has 2 aliphatic heterocycles. The Labute approximate surface area is 348 Å². The third kappa shape index (κ3) is 23.5. The number of hydrogen-bond donors (Lipinski definition) is 5. The summed E-state index contributed by atoms with van der Waals surface area (Å²) in [4.78, 5) is 72.0. The summed E-state index contributed by atoms with van der Waals surface area (Å²) in [6, 6.07) is -3.07. The fourth-order valence-corrected chi connectivity index (χ4v) is 6.10. The number of methoxy groups -OCH3 is 2. The van der Waals surface area contributed by atoms with Crippen molar-refractivity contribution in [3.8, 4) is 0 Å². The van der Waals surface area contributed by atoms with E-state index in [-0.39, 0.29) is 13.0 Å². The van der Waals surface area contributed by atoms with Crippen LogP contribution in [0.2, 0.25) is 0 Å². The van der Waals surface area contributed by atoms with Gasteiger partial charge in [0.2, 0.25) is 5.91 Å². The Morgan fingerprint density at radius 3 is 1.52 bits per heavy atom. The number of carboxylic acids is 1. The van der Waals surface area contributed by atoms with Crippen LogP contribution in [0.3, 0.4) is 0 Å². The van der Waals surface area contributed by atoms with E-state index in [1.54, 1.807) is 41.5 Å². The number of unbranched alkanes of at least 4 members (excludes halogenated alkanes) is 6. The number of β-amino-alcohol motifs (C(OH)–C–C–N with tert-alkyl or cyclic N) is 2. The molecule has 0 aromatic rings. The molecule has 0 saturated carbocycles. The molecule has 5 N–H and O–H groups in total. The lowest BCUT2D eigenvalue weighted by Gasteiger charge is -2.28. The molecule has 0 aromatic heterocycles. The largest absolute Gasteiger partial charge is 0.480 e. The molecule has 334 valence electrons. The van der Waals surface area contributed by atoms with Gasteiger partial charge in [0, 0.05) is 25.9 Å². The zero-order chi connectivity index (χ0) is 44.6. The minimum atomic E-state index is -1.03. The molecule has 2 fully saturated rings. The average molecular weight is 849 g/mol. The van der Waals surface area contributed by atoms with E-state index in [1.165, 1.54) is 23.5 Å². The van der Waals surface area contributed by atoms with Gasteiger partial charge in [0.15, 0.2) is 0 Å². The maximum Gasteiger partial charge on any atom is 0.408 e. The molecule has 6 atom stereocenters. The van der Waals surface area contributed by atoms with Crippen molar-refractivity contribution in [3.05, 3.63) is 25.3 Å². The number of carboxylic acid groups (broad SMARTS) is 1. The van der Waals surface area contributed by atoms with Crippen molar-refractivity contribution in [1.29, 1.82) is 0 Å². The van der Waals surface area contributed by atoms with Crippen molar-refractivity contribution in [2.75, 3.05) is 27.3 Å². The third-order valence-corrected chi connectivity index (χ3v) is 8.88.